The molecule has 17 heavy (non-hydrogen) atoms. The van der Waals surface area contributed by atoms with Gasteiger partial charge < -0.3 is 15.6 Å². The lowest BCUT2D eigenvalue weighted by molar-refractivity contribution is -0.0355. The molecule has 3 N–H and O–H groups in total. The van der Waals surface area contributed by atoms with Crippen LogP contribution in [0.15, 0.2) is 11.0 Å². The average molecular weight is 243 g/mol. The van der Waals surface area contributed by atoms with Crippen molar-refractivity contribution in [3.05, 3.63) is 22.2 Å². The van der Waals surface area contributed by atoms with Gasteiger partial charge in [0.05, 0.1) is 6.61 Å². The SMILES string of the molecule is Cc1cn(C2C[C@H](F)[C@@H](CO)O2)c(=O)nc1N. The molecule has 2 rings (SSSR count). The van der Waals surface area contributed by atoms with Crippen molar-refractivity contribution >= 4 is 5.82 Å². The minimum Gasteiger partial charge on any atom is -0.394 e. The first-order valence-electron chi connectivity index (χ1n) is 5.28. The number of aromatic nitrogens is 2. The summed E-state index contributed by atoms with van der Waals surface area (Å²) in [6, 6.07) is 0. The molecular formula is C10H14FN3O3. The molecular weight excluding hydrogens is 229 g/mol. The molecule has 1 unspecified atom stereocenters. The number of halogens is 1. The highest BCUT2D eigenvalue weighted by molar-refractivity contribution is 5.35. The van der Waals surface area contributed by atoms with E-state index in [2.05, 4.69) is 4.98 Å². The van der Waals surface area contributed by atoms with Crippen molar-refractivity contribution in [2.45, 2.75) is 31.8 Å². The fraction of sp³-hybridized carbons (Fsp3) is 0.600. The zero-order valence-electron chi connectivity index (χ0n) is 9.34. The molecule has 0 radical (unpaired) electrons. The Morgan fingerprint density at radius 3 is 3.06 bits per heavy atom. The van der Waals surface area contributed by atoms with E-state index in [1.165, 1.54) is 10.8 Å². The number of aliphatic hydroxyl groups excluding tert-OH is 1. The molecule has 0 spiro atoms. The maximum Gasteiger partial charge on any atom is 0.351 e. The Kier molecular flexibility index (Phi) is 3.12. The number of aliphatic hydroxyl groups is 1. The van der Waals surface area contributed by atoms with Crippen molar-refractivity contribution in [3.63, 3.8) is 0 Å². The second kappa shape index (κ2) is 4.42. The van der Waals surface area contributed by atoms with E-state index in [-0.39, 0.29) is 12.2 Å². The van der Waals surface area contributed by atoms with E-state index in [0.717, 1.165) is 0 Å². The first-order valence-corrected chi connectivity index (χ1v) is 5.28. The Labute approximate surface area is 96.8 Å². The molecule has 1 aliphatic heterocycles. The summed E-state index contributed by atoms with van der Waals surface area (Å²) in [4.78, 5) is 15.2. The number of nitrogens with zero attached hydrogens (tertiary/aromatic N) is 2. The molecule has 0 saturated carbocycles. The third-order valence-electron chi connectivity index (χ3n) is 2.83. The number of hydrogen-bond donors (Lipinski definition) is 2. The average Bonchev–Trinajstić information content (AvgIpc) is 2.65. The summed E-state index contributed by atoms with van der Waals surface area (Å²) in [7, 11) is 0. The Hall–Kier alpha value is -1.47. The topological polar surface area (TPSA) is 90.4 Å². The van der Waals surface area contributed by atoms with Crippen molar-refractivity contribution in [2.75, 3.05) is 12.3 Å². The number of nitrogen functional groups attached to an aromatic ring is 1. The summed E-state index contributed by atoms with van der Waals surface area (Å²) >= 11 is 0. The van der Waals surface area contributed by atoms with Crippen LogP contribution >= 0.6 is 0 Å². The smallest absolute Gasteiger partial charge is 0.351 e. The summed E-state index contributed by atoms with van der Waals surface area (Å²) in [5.41, 5.74) is 5.53. The Morgan fingerprint density at radius 1 is 1.76 bits per heavy atom. The van der Waals surface area contributed by atoms with Crippen LogP contribution in [-0.4, -0.2) is 33.5 Å². The molecule has 1 aromatic rings. The lowest BCUT2D eigenvalue weighted by atomic mass is 10.2. The molecule has 2 heterocycles. The van der Waals surface area contributed by atoms with Crippen molar-refractivity contribution in [1.29, 1.82) is 0 Å². The van der Waals surface area contributed by atoms with Crippen LogP contribution in [0.1, 0.15) is 18.2 Å². The van der Waals surface area contributed by atoms with E-state index in [1.54, 1.807) is 6.92 Å². The maximum absolute atomic E-state index is 13.4. The monoisotopic (exact) mass is 243 g/mol. The van der Waals surface area contributed by atoms with Gasteiger partial charge in [-0.3, -0.25) is 4.57 Å². The van der Waals surface area contributed by atoms with Gasteiger partial charge in [-0.2, -0.15) is 4.98 Å². The second-order valence-electron chi connectivity index (χ2n) is 4.06. The zero-order valence-corrected chi connectivity index (χ0v) is 9.34. The van der Waals surface area contributed by atoms with E-state index in [1.807, 2.05) is 0 Å². The molecule has 1 aliphatic rings. The molecule has 0 aromatic carbocycles. The van der Waals surface area contributed by atoms with Crippen molar-refractivity contribution in [2.24, 2.45) is 0 Å². The van der Waals surface area contributed by atoms with Crippen LogP contribution in [0.3, 0.4) is 0 Å². The minimum absolute atomic E-state index is 0.0240. The van der Waals surface area contributed by atoms with E-state index in [9.17, 15) is 9.18 Å². The van der Waals surface area contributed by atoms with Gasteiger partial charge in [0.25, 0.3) is 0 Å². The van der Waals surface area contributed by atoms with E-state index in [4.69, 9.17) is 15.6 Å². The molecule has 94 valence electrons. The number of nitrogens with two attached hydrogens (primary N) is 1. The summed E-state index contributed by atoms with van der Waals surface area (Å²) < 4.78 is 19.8. The molecule has 1 saturated heterocycles. The van der Waals surface area contributed by atoms with Crippen LogP contribution in [-0.2, 0) is 4.74 Å². The highest BCUT2D eigenvalue weighted by Gasteiger charge is 2.36. The highest BCUT2D eigenvalue weighted by atomic mass is 19.1. The van der Waals surface area contributed by atoms with Crippen LogP contribution in [0.5, 0.6) is 0 Å². The maximum atomic E-state index is 13.4. The predicted molar refractivity (Wildman–Crippen MR) is 58.2 cm³/mol. The van der Waals surface area contributed by atoms with Gasteiger partial charge in [-0.15, -0.1) is 0 Å². The van der Waals surface area contributed by atoms with Crippen LogP contribution in [0.2, 0.25) is 0 Å². The molecule has 7 heteroatoms. The van der Waals surface area contributed by atoms with Gasteiger partial charge >= 0.3 is 5.69 Å². The third-order valence-corrected chi connectivity index (χ3v) is 2.83. The molecule has 0 bridgehead atoms. The Balaban J connectivity index is 2.30. The number of alkyl halides is 1. The van der Waals surface area contributed by atoms with Gasteiger partial charge in [0.15, 0.2) is 0 Å². The van der Waals surface area contributed by atoms with Crippen molar-refractivity contribution < 1.29 is 14.2 Å². The van der Waals surface area contributed by atoms with Crippen molar-refractivity contribution in [3.8, 4) is 0 Å². The largest absolute Gasteiger partial charge is 0.394 e. The zero-order chi connectivity index (χ0) is 12.6. The first-order chi connectivity index (χ1) is 8.02. The highest BCUT2D eigenvalue weighted by Crippen LogP contribution is 2.29. The normalized spacial score (nSPS) is 28.5. The molecule has 6 nitrogen and oxygen atoms in total. The van der Waals surface area contributed by atoms with Crippen molar-refractivity contribution in [1.82, 2.24) is 9.55 Å². The van der Waals surface area contributed by atoms with Gasteiger partial charge in [0.2, 0.25) is 0 Å². The summed E-state index contributed by atoms with van der Waals surface area (Å²) in [6.07, 6.45) is -1.39. The van der Waals surface area contributed by atoms with Crippen LogP contribution in [0, 0.1) is 6.92 Å². The standard InChI is InChI=1S/C10H14FN3O3/c1-5-3-14(10(16)13-9(5)12)8-2-6(11)7(4-15)17-8/h3,6-8,15H,2,4H2,1H3,(H2,12,13,16)/t6-,7+,8?/m0/s1. The summed E-state index contributed by atoms with van der Waals surface area (Å²) in [6.45, 7) is 1.29. The molecule has 0 amide bonds. The summed E-state index contributed by atoms with van der Waals surface area (Å²) in [5.74, 6) is 0.153. The number of rotatable bonds is 2. The number of aryl methyl sites for hydroxylation is 1. The predicted octanol–water partition coefficient (Wildman–Crippen LogP) is -0.248. The quantitative estimate of drug-likeness (QED) is 0.747. The van der Waals surface area contributed by atoms with Crippen LogP contribution < -0.4 is 11.4 Å². The van der Waals surface area contributed by atoms with Crippen LogP contribution in [0.4, 0.5) is 10.2 Å². The van der Waals surface area contributed by atoms with Gasteiger partial charge in [0.1, 0.15) is 24.3 Å². The molecule has 0 aliphatic carbocycles. The summed E-state index contributed by atoms with van der Waals surface area (Å²) in [5, 5.41) is 8.88. The molecule has 1 aromatic heterocycles. The van der Waals surface area contributed by atoms with E-state index in [0.29, 0.717) is 5.56 Å². The van der Waals surface area contributed by atoms with Gasteiger partial charge in [0, 0.05) is 18.2 Å². The van der Waals surface area contributed by atoms with Crippen LogP contribution in [0.25, 0.3) is 0 Å². The number of ether oxygens (including phenoxy) is 1. The first kappa shape index (κ1) is 12.0. The fourth-order valence-corrected chi connectivity index (χ4v) is 1.81. The molecule has 1 fully saturated rings. The lowest BCUT2D eigenvalue weighted by Gasteiger charge is -2.15. The minimum atomic E-state index is -1.28. The third kappa shape index (κ3) is 2.16. The van der Waals surface area contributed by atoms with Gasteiger partial charge in [-0.1, -0.05) is 0 Å². The van der Waals surface area contributed by atoms with E-state index >= 15 is 0 Å². The number of hydrogen-bond acceptors (Lipinski definition) is 5. The van der Waals surface area contributed by atoms with Gasteiger partial charge in [-0.05, 0) is 6.92 Å². The lowest BCUT2D eigenvalue weighted by Crippen LogP contribution is -2.28. The Morgan fingerprint density at radius 2 is 2.47 bits per heavy atom. The van der Waals surface area contributed by atoms with E-state index < -0.39 is 30.8 Å². The van der Waals surface area contributed by atoms with Gasteiger partial charge in [-0.25, -0.2) is 9.18 Å². The Bertz CT molecular complexity index is 476. The number of anilines is 1. The fourth-order valence-electron chi connectivity index (χ4n) is 1.81. The second-order valence-corrected chi connectivity index (χ2v) is 4.06. The molecule has 3 atom stereocenters.